The molecule has 4 heteroatoms. The first kappa shape index (κ1) is 15.0. The van der Waals surface area contributed by atoms with E-state index in [9.17, 15) is 9.18 Å². The van der Waals surface area contributed by atoms with Gasteiger partial charge >= 0.3 is 0 Å². The van der Waals surface area contributed by atoms with Gasteiger partial charge in [-0.25, -0.2) is 4.39 Å². The third kappa shape index (κ3) is 3.37. The summed E-state index contributed by atoms with van der Waals surface area (Å²) in [6.07, 6.45) is 3.93. The Morgan fingerprint density at radius 3 is 2.65 bits per heavy atom. The van der Waals surface area contributed by atoms with E-state index in [1.165, 1.54) is 7.11 Å². The van der Waals surface area contributed by atoms with Gasteiger partial charge < -0.3 is 10.5 Å². The van der Waals surface area contributed by atoms with Crippen molar-refractivity contribution in [2.45, 2.75) is 32.1 Å². The first-order valence-electron chi connectivity index (χ1n) is 7.19. The van der Waals surface area contributed by atoms with Crippen LogP contribution in [0.3, 0.4) is 0 Å². The van der Waals surface area contributed by atoms with Crippen LogP contribution in [0.5, 0.6) is 5.75 Å². The average molecular weight is 279 g/mol. The number of carbonyl (C=O) groups is 1. The number of hydrogen-bond donors (Lipinski definition) is 1. The Morgan fingerprint density at radius 2 is 2.05 bits per heavy atom. The molecule has 1 aliphatic carbocycles. The van der Waals surface area contributed by atoms with Crippen LogP contribution in [0, 0.1) is 17.7 Å². The van der Waals surface area contributed by atoms with Gasteiger partial charge in [0.25, 0.3) is 0 Å². The molecule has 3 nitrogen and oxygen atoms in total. The van der Waals surface area contributed by atoms with Crippen molar-refractivity contribution in [1.29, 1.82) is 0 Å². The quantitative estimate of drug-likeness (QED) is 0.901. The predicted molar refractivity (Wildman–Crippen MR) is 76.2 cm³/mol. The molecule has 0 spiro atoms. The summed E-state index contributed by atoms with van der Waals surface area (Å²) < 4.78 is 19.0. The molecule has 1 saturated carbocycles. The van der Waals surface area contributed by atoms with Crippen molar-refractivity contribution in [2.24, 2.45) is 17.6 Å². The summed E-state index contributed by atoms with van der Waals surface area (Å²) in [5.41, 5.74) is 6.08. The van der Waals surface area contributed by atoms with E-state index in [0.29, 0.717) is 18.0 Å². The van der Waals surface area contributed by atoms with Crippen molar-refractivity contribution in [3.8, 4) is 5.75 Å². The number of Topliss-reactive ketones (excluding diaryl/α,β-unsaturated/α-hetero) is 1. The molecule has 2 N–H and O–H groups in total. The third-order valence-corrected chi connectivity index (χ3v) is 4.26. The maximum atomic E-state index is 14.0. The summed E-state index contributed by atoms with van der Waals surface area (Å²) in [5, 5.41) is 0. The van der Waals surface area contributed by atoms with Crippen molar-refractivity contribution in [1.82, 2.24) is 0 Å². The molecule has 0 bridgehead atoms. The van der Waals surface area contributed by atoms with Crippen molar-refractivity contribution in [2.75, 3.05) is 13.7 Å². The highest BCUT2D eigenvalue weighted by molar-refractivity contribution is 5.83. The highest BCUT2D eigenvalue weighted by Gasteiger charge is 2.26. The van der Waals surface area contributed by atoms with Gasteiger partial charge in [0.05, 0.1) is 7.11 Å². The van der Waals surface area contributed by atoms with E-state index in [1.54, 1.807) is 18.2 Å². The second-order valence-electron chi connectivity index (χ2n) is 5.53. The number of rotatable bonds is 5. The van der Waals surface area contributed by atoms with Crippen LogP contribution in [0.15, 0.2) is 18.2 Å². The molecule has 2 rings (SSSR count). The Hall–Kier alpha value is -1.42. The molecule has 0 saturated heterocycles. The molecule has 1 fully saturated rings. The number of carbonyl (C=O) groups excluding carboxylic acids is 1. The number of methoxy groups -OCH3 is 1. The number of halogens is 1. The normalized spacial score (nSPS) is 22.6. The van der Waals surface area contributed by atoms with Gasteiger partial charge in [-0.05, 0) is 49.8 Å². The van der Waals surface area contributed by atoms with Crippen LogP contribution >= 0.6 is 0 Å². The molecule has 0 unspecified atom stereocenters. The van der Waals surface area contributed by atoms with Gasteiger partial charge in [0.1, 0.15) is 5.78 Å². The zero-order valence-electron chi connectivity index (χ0n) is 11.9. The Morgan fingerprint density at radius 1 is 1.35 bits per heavy atom. The zero-order valence-corrected chi connectivity index (χ0v) is 11.9. The van der Waals surface area contributed by atoms with Crippen LogP contribution in [0.25, 0.3) is 0 Å². The molecular weight excluding hydrogens is 257 g/mol. The Balaban J connectivity index is 1.98. The highest BCUT2D eigenvalue weighted by atomic mass is 19.1. The molecule has 0 radical (unpaired) electrons. The lowest BCUT2D eigenvalue weighted by atomic mass is 9.79. The lowest BCUT2D eigenvalue weighted by molar-refractivity contribution is -0.123. The summed E-state index contributed by atoms with van der Waals surface area (Å²) in [6.45, 7) is 0.700. The molecule has 0 heterocycles. The van der Waals surface area contributed by atoms with Crippen LogP contribution in [0.4, 0.5) is 4.39 Å². The van der Waals surface area contributed by atoms with E-state index in [4.69, 9.17) is 10.5 Å². The number of ether oxygens (including phenoxy) is 1. The summed E-state index contributed by atoms with van der Waals surface area (Å²) >= 11 is 0. The van der Waals surface area contributed by atoms with E-state index in [1.807, 2.05) is 0 Å². The SMILES string of the molecule is COc1cccc(CC(=O)C2CCC(CN)CC2)c1F. The maximum absolute atomic E-state index is 14.0. The average Bonchev–Trinajstić information content (AvgIpc) is 2.49. The van der Waals surface area contributed by atoms with Gasteiger partial charge in [0, 0.05) is 12.3 Å². The van der Waals surface area contributed by atoms with Crippen LogP contribution in [0.1, 0.15) is 31.2 Å². The van der Waals surface area contributed by atoms with Gasteiger partial charge in [-0.15, -0.1) is 0 Å². The monoisotopic (exact) mass is 279 g/mol. The Bertz CT molecular complexity index is 468. The van der Waals surface area contributed by atoms with Gasteiger partial charge in [-0.2, -0.15) is 0 Å². The number of nitrogens with two attached hydrogens (primary N) is 1. The molecule has 1 aromatic carbocycles. The number of benzene rings is 1. The molecule has 0 atom stereocenters. The fourth-order valence-corrected chi connectivity index (χ4v) is 2.90. The van der Waals surface area contributed by atoms with Crippen molar-refractivity contribution < 1.29 is 13.9 Å². The van der Waals surface area contributed by atoms with E-state index in [-0.39, 0.29) is 23.9 Å². The Labute approximate surface area is 119 Å². The minimum Gasteiger partial charge on any atom is -0.494 e. The summed E-state index contributed by atoms with van der Waals surface area (Å²) in [5.74, 6) is 0.518. The van der Waals surface area contributed by atoms with E-state index < -0.39 is 5.82 Å². The van der Waals surface area contributed by atoms with Crippen molar-refractivity contribution in [3.63, 3.8) is 0 Å². The molecule has 20 heavy (non-hydrogen) atoms. The maximum Gasteiger partial charge on any atom is 0.168 e. The molecule has 1 aromatic rings. The number of ketones is 1. The van der Waals surface area contributed by atoms with E-state index in [2.05, 4.69) is 0 Å². The summed E-state index contributed by atoms with van der Waals surface area (Å²) in [7, 11) is 1.43. The molecule has 0 amide bonds. The second-order valence-corrected chi connectivity index (χ2v) is 5.53. The molecule has 110 valence electrons. The standard InChI is InChI=1S/C16H22FNO2/c1-20-15-4-2-3-13(16(15)17)9-14(19)12-7-5-11(10-18)6-8-12/h2-4,11-12H,5-10,18H2,1H3. The Kier molecular flexibility index (Phi) is 5.12. The second kappa shape index (κ2) is 6.84. The fraction of sp³-hybridized carbons (Fsp3) is 0.562. The van der Waals surface area contributed by atoms with Crippen LogP contribution < -0.4 is 10.5 Å². The minimum atomic E-state index is -0.418. The number of hydrogen-bond acceptors (Lipinski definition) is 3. The molecule has 0 aromatic heterocycles. The lowest BCUT2D eigenvalue weighted by Gasteiger charge is -2.26. The molecular formula is C16H22FNO2. The van der Waals surface area contributed by atoms with Crippen LogP contribution in [0.2, 0.25) is 0 Å². The topological polar surface area (TPSA) is 52.3 Å². The van der Waals surface area contributed by atoms with E-state index in [0.717, 1.165) is 25.7 Å². The van der Waals surface area contributed by atoms with Gasteiger partial charge in [0.15, 0.2) is 11.6 Å². The minimum absolute atomic E-state index is 0.0587. The lowest BCUT2D eigenvalue weighted by Crippen LogP contribution is -2.26. The van der Waals surface area contributed by atoms with E-state index >= 15 is 0 Å². The van der Waals surface area contributed by atoms with Crippen molar-refractivity contribution in [3.05, 3.63) is 29.6 Å². The predicted octanol–water partition coefficient (Wildman–Crippen LogP) is 2.71. The smallest absolute Gasteiger partial charge is 0.168 e. The van der Waals surface area contributed by atoms with Crippen LogP contribution in [-0.2, 0) is 11.2 Å². The largest absolute Gasteiger partial charge is 0.494 e. The van der Waals surface area contributed by atoms with Gasteiger partial charge in [0.2, 0.25) is 0 Å². The highest BCUT2D eigenvalue weighted by Crippen LogP contribution is 2.30. The van der Waals surface area contributed by atoms with Crippen molar-refractivity contribution >= 4 is 5.78 Å². The van der Waals surface area contributed by atoms with Crippen LogP contribution in [-0.4, -0.2) is 19.4 Å². The molecule has 0 aliphatic heterocycles. The summed E-state index contributed by atoms with van der Waals surface area (Å²) in [6, 6.07) is 4.94. The summed E-state index contributed by atoms with van der Waals surface area (Å²) in [4.78, 5) is 12.3. The first-order valence-corrected chi connectivity index (χ1v) is 7.19. The zero-order chi connectivity index (χ0) is 14.5. The van der Waals surface area contributed by atoms with Gasteiger partial charge in [-0.1, -0.05) is 12.1 Å². The molecule has 1 aliphatic rings. The third-order valence-electron chi connectivity index (χ3n) is 4.26. The van der Waals surface area contributed by atoms with Gasteiger partial charge in [-0.3, -0.25) is 4.79 Å². The first-order chi connectivity index (χ1) is 9.65. The fourth-order valence-electron chi connectivity index (χ4n) is 2.90.